The number of unbranched alkanes of at least 4 members (excludes halogenated alkanes) is 3. The minimum atomic E-state index is -6.68. The summed E-state index contributed by atoms with van der Waals surface area (Å²) in [5.74, 6) is 0. The van der Waals surface area contributed by atoms with Gasteiger partial charge in [-0.1, -0.05) is 36.4 Å². The molecule has 0 radical (unpaired) electrons. The normalized spacial score (nSPS) is 20.2. The fraction of sp³-hybridized carbons (Fsp3) is 0.413. The van der Waals surface area contributed by atoms with Gasteiger partial charge < -0.3 is 4.90 Å². The largest absolute Gasteiger partial charge is 0.295 e. The van der Waals surface area contributed by atoms with E-state index in [0.29, 0.717) is 43.4 Å². The van der Waals surface area contributed by atoms with Gasteiger partial charge in [0.25, 0.3) is 10.1 Å². The quantitative estimate of drug-likeness (QED) is 0.00511. The van der Waals surface area contributed by atoms with E-state index in [0.717, 1.165) is 74.5 Å². The molecular formula is C46H57N5O24P3S3+. The van der Waals surface area contributed by atoms with Crippen molar-refractivity contribution in [2.45, 2.75) is 111 Å². The molecule has 0 amide bonds. The zero-order valence-corrected chi connectivity index (χ0v) is 48.7. The van der Waals surface area contributed by atoms with E-state index in [4.69, 9.17) is 34.2 Å². The number of allylic oxidation sites excluding steroid dienone is 4. The third kappa shape index (κ3) is 13.2. The Morgan fingerprint density at radius 3 is 2.28 bits per heavy atom. The summed E-state index contributed by atoms with van der Waals surface area (Å²) in [6.07, 6.45) is 7.72. The minimum absolute atomic E-state index is 0.0835. The minimum Gasteiger partial charge on any atom is -0.282 e. The van der Waals surface area contributed by atoms with Gasteiger partial charge in [-0.3, -0.25) is 4.55 Å². The molecule has 5 atom stereocenters. The first-order valence-electron chi connectivity index (χ1n) is 24.3. The van der Waals surface area contributed by atoms with E-state index in [-0.39, 0.29) is 33.8 Å². The number of aliphatic hydroxyl groups excluding tert-OH is 1. The molecule has 1 saturated heterocycles. The summed E-state index contributed by atoms with van der Waals surface area (Å²) in [6.45, 7) is 3.96. The molecule has 3 aliphatic heterocycles. The fourth-order valence-electron chi connectivity index (χ4n) is 10.0. The molecular weight excluding hydrogens is 1200 g/mol. The first kappa shape index (κ1) is 64.2. The van der Waals surface area contributed by atoms with Crippen LogP contribution in [0.25, 0.3) is 16.8 Å². The van der Waals surface area contributed by atoms with E-state index in [1.54, 1.807) is 12.1 Å². The fourth-order valence-corrected chi connectivity index (χ4v) is 16.1. The van der Waals surface area contributed by atoms with Crippen LogP contribution in [0.5, 0.6) is 0 Å². The molecule has 4 heterocycles. The topological polar surface area (TPSA) is 401 Å². The standard InChI is InChI=1S/C46H56N5O24P3S3/c1-6-49-34-16-14-29(79-74-70-56)23-33(34)45(2,3)39(49)12-11-13-40-46(4,5)42-32-22-30(80-75-71-57)24-38(81(63,64)65)31(32)15-17-35(42)50(40)20-9-7-8-10-21-66-47-19-18-28-26-51(44(54)48-43(28)53)41-25-36(52)37(68-41)27-67-78(72-58,73-69-55,76(59)60)77(61)62/h11-19,22-24,26,36-37,41,47,52H,6-10,20-21,25,27H2,1-5H3,(H5-,48,53,54,55,56,57,58,63,64,65)/p+1/b19-18+. The second kappa shape index (κ2) is 26.7. The number of hydrogen-bond acceptors (Lipinski definition) is 27. The Labute approximate surface area is 471 Å². The number of hydroxylamine groups is 1. The van der Waals surface area contributed by atoms with Crippen molar-refractivity contribution in [3.05, 3.63) is 116 Å². The number of benzene rings is 3. The Balaban J connectivity index is 1.03. The SMILES string of the molecule is CCN1C(=CC=CC2=[N+](CCCCCCON/C=C/c3cn(C4CC(O)C(COP(OO)(OOO)([P+](=O)[O-])[P+](=O)[O-])O4)c(=O)[nH]c3=O)c3ccc4c(S(=O)(=O)O)cc(SOOO)cc4c3C2(C)C)C(C)(C)c2cc(SOOO)ccc21. The average molecular weight is 1250 g/mol. The van der Waals surface area contributed by atoms with Crippen LogP contribution < -0.4 is 31.4 Å². The summed E-state index contributed by atoms with van der Waals surface area (Å²) in [5, 5.41) is 57.9. The maximum absolute atomic E-state index is 12.8. The first-order valence-corrected chi connectivity index (χ1v) is 33.0. The van der Waals surface area contributed by atoms with Crippen molar-refractivity contribution >= 4 is 90.2 Å². The zero-order chi connectivity index (χ0) is 59.1. The molecule has 0 spiro atoms. The van der Waals surface area contributed by atoms with Gasteiger partial charge in [0.1, 0.15) is 11.4 Å². The number of ether oxygens (including phenoxy) is 1. The van der Waals surface area contributed by atoms with Crippen molar-refractivity contribution in [2.24, 2.45) is 0 Å². The molecule has 7 rings (SSSR count). The molecule has 3 aromatic carbocycles. The van der Waals surface area contributed by atoms with Gasteiger partial charge in [-0.15, -0.1) is 8.67 Å². The van der Waals surface area contributed by atoms with Gasteiger partial charge in [0.2, 0.25) is 5.69 Å². The Morgan fingerprint density at radius 1 is 0.926 bits per heavy atom. The predicted octanol–water partition coefficient (Wildman–Crippen LogP) is 7.09. The monoisotopic (exact) mass is 1250 g/mol. The number of rotatable bonds is 29. The molecule has 1 fully saturated rings. The van der Waals surface area contributed by atoms with Crippen molar-refractivity contribution < 1.29 is 110 Å². The number of hydrogen-bond donors (Lipinski definition) is 8. The van der Waals surface area contributed by atoms with Crippen molar-refractivity contribution in [1.29, 1.82) is 0 Å². The summed E-state index contributed by atoms with van der Waals surface area (Å²) in [5.41, 5.74) is 5.11. The van der Waals surface area contributed by atoms with Gasteiger partial charge in [0.05, 0.1) is 36.1 Å². The molecule has 0 saturated carbocycles. The van der Waals surface area contributed by atoms with E-state index in [1.807, 2.05) is 50.3 Å². The molecule has 29 nitrogen and oxygen atoms in total. The van der Waals surface area contributed by atoms with Crippen LogP contribution in [0.1, 0.15) is 89.6 Å². The van der Waals surface area contributed by atoms with Crippen molar-refractivity contribution in [2.75, 3.05) is 31.2 Å². The van der Waals surface area contributed by atoms with E-state index >= 15 is 0 Å². The summed E-state index contributed by atoms with van der Waals surface area (Å²) < 4.78 is 90.3. The number of anilines is 1. The molecule has 4 aromatic rings. The number of likely N-dealkylation sites (N-methyl/N-ethyl adjacent to an activating group) is 1. The second-order valence-electron chi connectivity index (χ2n) is 19.2. The van der Waals surface area contributed by atoms with Gasteiger partial charge in [-0.05, 0) is 87.0 Å². The maximum atomic E-state index is 12.8. The molecule has 5 unspecified atom stereocenters. The third-order valence-corrected chi connectivity index (χ3v) is 25.5. The number of aromatic amines is 1. The summed E-state index contributed by atoms with van der Waals surface area (Å²) in [4.78, 5) is 59.8. The van der Waals surface area contributed by atoms with Gasteiger partial charge in [-0.25, -0.2) is 10.5 Å². The molecule has 0 aliphatic carbocycles. The number of nitrogens with one attached hydrogen (secondary N) is 2. The third-order valence-electron chi connectivity index (χ3n) is 13.8. The zero-order valence-electron chi connectivity index (χ0n) is 43.5. The molecule has 35 heteroatoms. The second-order valence-corrected chi connectivity index (χ2v) is 32.3. The van der Waals surface area contributed by atoms with Gasteiger partial charge >= 0.3 is 176 Å². The number of aliphatic hydroxyl groups is 1. The predicted molar refractivity (Wildman–Crippen MR) is 287 cm³/mol. The Morgan fingerprint density at radius 2 is 1.63 bits per heavy atom. The molecule has 8 N–H and O–H groups in total. The van der Waals surface area contributed by atoms with E-state index in [2.05, 4.69) is 75.6 Å². The van der Waals surface area contributed by atoms with Crippen LogP contribution >= 0.6 is 46.2 Å². The van der Waals surface area contributed by atoms with Crippen LogP contribution in [0.15, 0.2) is 103 Å². The van der Waals surface area contributed by atoms with E-state index < -0.39 is 79.3 Å². The molecule has 81 heavy (non-hydrogen) atoms. The van der Waals surface area contributed by atoms with Gasteiger partial charge in [0, 0.05) is 62.6 Å². The molecule has 0 bridgehead atoms. The average Bonchev–Trinajstić information content (AvgIpc) is 4.20. The number of aromatic nitrogens is 2. The van der Waals surface area contributed by atoms with Crippen molar-refractivity contribution in [3.63, 3.8) is 0 Å². The van der Waals surface area contributed by atoms with Crippen LogP contribution in [-0.2, 0) is 77.3 Å². The first-order chi connectivity index (χ1) is 38.4. The van der Waals surface area contributed by atoms with E-state index in [1.165, 1.54) is 18.3 Å². The summed E-state index contributed by atoms with van der Waals surface area (Å²) in [6, 6.07) is 12.2. The number of H-pyrrole nitrogens is 1. The van der Waals surface area contributed by atoms with Crippen LogP contribution in [0.2, 0.25) is 0 Å². The Hall–Kier alpha value is -4.35. The molecule has 3 aliphatic rings. The molecule has 1 aromatic heterocycles. The Kier molecular flexibility index (Phi) is 21.2. The Bertz CT molecular complexity index is 3380. The summed E-state index contributed by atoms with van der Waals surface area (Å²) >= 11 is 1.43. The van der Waals surface area contributed by atoms with Crippen LogP contribution in [0.4, 0.5) is 11.4 Å². The smallest absolute Gasteiger partial charge is 0.282 e. The van der Waals surface area contributed by atoms with Crippen molar-refractivity contribution in [3.8, 4) is 0 Å². The van der Waals surface area contributed by atoms with E-state index in [9.17, 15) is 51.8 Å². The summed E-state index contributed by atoms with van der Waals surface area (Å²) in [7, 11) is -13.7. The van der Waals surface area contributed by atoms with Crippen LogP contribution in [0, 0.1) is 0 Å². The van der Waals surface area contributed by atoms with Gasteiger partial charge in [-0.2, -0.15) is 13.0 Å². The van der Waals surface area contributed by atoms with Crippen molar-refractivity contribution in [1.82, 2.24) is 15.0 Å². The van der Waals surface area contributed by atoms with Crippen LogP contribution in [0.3, 0.4) is 0 Å². The number of fused-ring (bicyclic) bond motifs is 4. The maximum Gasteiger partial charge on any atom is 0.295 e. The van der Waals surface area contributed by atoms with Crippen LogP contribution in [-0.4, -0.2) is 97.5 Å². The number of nitrogens with zero attached hydrogens (tertiary/aromatic N) is 3. The molecule has 442 valence electrons. The van der Waals surface area contributed by atoms with Gasteiger partial charge in [0.15, 0.2) is 5.71 Å².